The quantitative estimate of drug-likeness (QED) is 0.190. The van der Waals surface area contributed by atoms with Crippen LogP contribution in [0.4, 0.5) is 0 Å². The molecule has 9 aromatic carbocycles. The molecule has 0 heterocycles. The molecule has 0 saturated heterocycles. The van der Waals surface area contributed by atoms with Crippen molar-refractivity contribution in [2.24, 2.45) is 0 Å². The molecule has 0 aromatic heterocycles. The van der Waals surface area contributed by atoms with E-state index in [-0.39, 0.29) is 0 Å². The van der Waals surface area contributed by atoms with Crippen LogP contribution in [0.15, 0.2) is 170 Å². The standard InChI is InChI=1S/C44H28/c1-2-11-29(12-3-1)31-21-24-41-43(26-31)39-20-9-7-18-37(39)40-23-22-32(27-44(40)41)30-14-10-15-33(25-30)42-28-34-13-4-5-16-35(34)36-17-6-8-19-38(36)42/h1-28H. The van der Waals surface area contributed by atoms with Crippen molar-refractivity contribution < 1.29 is 0 Å². The number of hydrogen-bond acceptors (Lipinski definition) is 0. The summed E-state index contributed by atoms with van der Waals surface area (Å²) in [5.74, 6) is 0. The molecule has 0 aliphatic carbocycles. The molecule has 0 radical (unpaired) electrons. The van der Waals surface area contributed by atoms with Gasteiger partial charge in [-0.3, -0.25) is 0 Å². The Morgan fingerprint density at radius 1 is 0.205 bits per heavy atom. The van der Waals surface area contributed by atoms with E-state index in [0.29, 0.717) is 0 Å². The van der Waals surface area contributed by atoms with E-state index in [1.807, 2.05) is 0 Å². The van der Waals surface area contributed by atoms with Gasteiger partial charge in [0.15, 0.2) is 0 Å². The lowest BCUT2D eigenvalue weighted by Gasteiger charge is -2.14. The van der Waals surface area contributed by atoms with Gasteiger partial charge in [0.25, 0.3) is 0 Å². The third kappa shape index (κ3) is 3.92. The SMILES string of the molecule is c1ccc(-c2ccc3c(c2)c2ccccc2c2ccc(-c4cccc(-c5cc6ccccc6c6ccccc56)c4)cc23)cc1. The summed E-state index contributed by atoms with van der Waals surface area (Å²) in [5, 5.41) is 12.9. The van der Waals surface area contributed by atoms with E-state index in [9.17, 15) is 0 Å². The van der Waals surface area contributed by atoms with E-state index >= 15 is 0 Å². The topological polar surface area (TPSA) is 0 Å². The Hall–Kier alpha value is -5.72. The molecule has 0 nitrogen and oxygen atoms in total. The van der Waals surface area contributed by atoms with E-state index < -0.39 is 0 Å². The van der Waals surface area contributed by atoms with Crippen LogP contribution in [-0.2, 0) is 0 Å². The molecule has 9 aromatic rings. The number of hydrogen-bond donors (Lipinski definition) is 0. The Labute approximate surface area is 256 Å². The maximum absolute atomic E-state index is 2.39. The van der Waals surface area contributed by atoms with Crippen molar-refractivity contribution >= 4 is 53.9 Å². The van der Waals surface area contributed by atoms with Gasteiger partial charge in [0.1, 0.15) is 0 Å². The van der Waals surface area contributed by atoms with Crippen LogP contribution in [0.1, 0.15) is 0 Å². The van der Waals surface area contributed by atoms with Gasteiger partial charge in [0, 0.05) is 0 Å². The molecule has 0 N–H and O–H groups in total. The summed E-state index contributed by atoms with van der Waals surface area (Å²) in [5.41, 5.74) is 7.45. The lowest BCUT2D eigenvalue weighted by Crippen LogP contribution is -1.88. The van der Waals surface area contributed by atoms with Crippen LogP contribution in [0.3, 0.4) is 0 Å². The minimum absolute atomic E-state index is 1.23. The number of fused-ring (bicyclic) bond motifs is 9. The Kier molecular flexibility index (Phi) is 5.61. The van der Waals surface area contributed by atoms with Crippen molar-refractivity contribution in [3.63, 3.8) is 0 Å². The van der Waals surface area contributed by atoms with E-state index in [4.69, 9.17) is 0 Å². The highest BCUT2D eigenvalue weighted by molar-refractivity contribution is 6.26. The minimum Gasteiger partial charge on any atom is -0.0622 e. The molecule has 0 unspecified atom stereocenters. The van der Waals surface area contributed by atoms with Gasteiger partial charge in [-0.2, -0.15) is 0 Å². The second kappa shape index (κ2) is 9.93. The van der Waals surface area contributed by atoms with Crippen LogP contribution < -0.4 is 0 Å². The summed E-state index contributed by atoms with van der Waals surface area (Å²) in [4.78, 5) is 0. The molecule has 0 spiro atoms. The highest BCUT2D eigenvalue weighted by Gasteiger charge is 2.13. The highest BCUT2D eigenvalue weighted by atomic mass is 14.2. The van der Waals surface area contributed by atoms with E-state index in [1.54, 1.807) is 0 Å². The normalized spacial score (nSPS) is 11.6. The van der Waals surface area contributed by atoms with Crippen molar-refractivity contribution in [2.75, 3.05) is 0 Å². The maximum Gasteiger partial charge on any atom is -0.00928 e. The zero-order valence-electron chi connectivity index (χ0n) is 24.2. The second-order valence-corrected chi connectivity index (χ2v) is 11.7. The highest BCUT2D eigenvalue weighted by Crippen LogP contribution is 2.40. The van der Waals surface area contributed by atoms with Gasteiger partial charge in [-0.1, -0.05) is 146 Å². The molecule has 0 atom stereocenters. The van der Waals surface area contributed by atoms with Crippen LogP contribution in [0.2, 0.25) is 0 Å². The Bertz CT molecular complexity index is 2540. The summed E-state index contributed by atoms with van der Waals surface area (Å²) >= 11 is 0. The van der Waals surface area contributed by atoms with E-state index in [2.05, 4.69) is 170 Å². The van der Waals surface area contributed by atoms with Gasteiger partial charge in [-0.15, -0.1) is 0 Å². The fourth-order valence-electron chi connectivity index (χ4n) is 7.11. The number of benzene rings is 9. The lowest BCUT2D eigenvalue weighted by atomic mass is 9.89. The first-order valence-electron chi connectivity index (χ1n) is 15.3. The van der Waals surface area contributed by atoms with Crippen LogP contribution in [0.25, 0.3) is 87.2 Å². The van der Waals surface area contributed by atoms with Crippen LogP contribution in [0, 0.1) is 0 Å². The van der Waals surface area contributed by atoms with Crippen molar-refractivity contribution in [3.8, 4) is 33.4 Å². The Balaban J connectivity index is 1.25. The largest absolute Gasteiger partial charge is 0.0622 e. The average molecular weight is 557 g/mol. The molecule has 0 amide bonds. The Morgan fingerprint density at radius 2 is 0.659 bits per heavy atom. The van der Waals surface area contributed by atoms with Gasteiger partial charge in [-0.25, -0.2) is 0 Å². The first-order valence-corrected chi connectivity index (χ1v) is 15.3. The molecule has 0 saturated carbocycles. The van der Waals surface area contributed by atoms with Crippen molar-refractivity contribution in [3.05, 3.63) is 170 Å². The molecule has 44 heavy (non-hydrogen) atoms. The summed E-state index contributed by atoms with van der Waals surface area (Å²) < 4.78 is 0. The predicted octanol–water partition coefficient (Wildman–Crippen LogP) is 12.5. The summed E-state index contributed by atoms with van der Waals surface area (Å²) in [6.07, 6.45) is 0. The fourth-order valence-corrected chi connectivity index (χ4v) is 7.11. The maximum atomic E-state index is 2.39. The van der Waals surface area contributed by atoms with Gasteiger partial charge in [-0.05, 0) is 112 Å². The molecule has 0 fully saturated rings. The first kappa shape index (κ1) is 24.8. The molecule has 0 aliphatic rings. The van der Waals surface area contributed by atoms with Gasteiger partial charge in [0.05, 0.1) is 0 Å². The van der Waals surface area contributed by atoms with Gasteiger partial charge in [0.2, 0.25) is 0 Å². The molecule has 0 bridgehead atoms. The summed E-state index contributed by atoms with van der Waals surface area (Å²) in [7, 11) is 0. The van der Waals surface area contributed by atoms with E-state index in [0.717, 1.165) is 0 Å². The lowest BCUT2D eigenvalue weighted by molar-refractivity contribution is 1.63. The van der Waals surface area contributed by atoms with Gasteiger partial charge < -0.3 is 0 Å². The van der Waals surface area contributed by atoms with Crippen molar-refractivity contribution in [1.29, 1.82) is 0 Å². The van der Waals surface area contributed by atoms with Crippen molar-refractivity contribution in [1.82, 2.24) is 0 Å². The molecule has 204 valence electrons. The predicted molar refractivity (Wildman–Crippen MR) is 190 cm³/mol. The Morgan fingerprint density at radius 3 is 1.39 bits per heavy atom. The molecule has 0 heteroatoms. The summed E-state index contributed by atoms with van der Waals surface area (Å²) in [6, 6.07) is 62.3. The summed E-state index contributed by atoms with van der Waals surface area (Å²) in [6.45, 7) is 0. The molecule has 9 rings (SSSR count). The zero-order valence-corrected chi connectivity index (χ0v) is 24.2. The van der Waals surface area contributed by atoms with Crippen LogP contribution >= 0.6 is 0 Å². The van der Waals surface area contributed by atoms with Crippen LogP contribution in [-0.4, -0.2) is 0 Å². The third-order valence-corrected chi connectivity index (χ3v) is 9.22. The molecular formula is C44H28. The monoisotopic (exact) mass is 556 g/mol. The second-order valence-electron chi connectivity index (χ2n) is 11.7. The first-order chi connectivity index (χ1) is 21.8. The minimum atomic E-state index is 1.23. The third-order valence-electron chi connectivity index (χ3n) is 9.22. The van der Waals surface area contributed by atoms with Crippen molar-refractivity contribution in [2.45, 2.75) is 0 Å². The van der Waals surface area contributed by atoms with Crippen LogP contribution in [0.5, 0.6) is 0 Å². The molecular weight excluding hydrogens is 528 g/mol. The average Bonchev–Trinajstić information content (AvgIpc) is 3.11. The smallest absolute Gasteiger partial charge is 0.00928 e. The van der Waals surface area contributed by atoms with Gasteiger partial charge >= 0.3 is 0 Å². The number of rotatable bonds is 3. The fraction of sp³-hybridized carbons (Fsp3) is 0. The zero-order chi connectivity index (χ0) is 29.0. The molecule has 0 aliphatic heterocycles. The van der Waals surface area contributed by atoms with E-state index in [1.165, 1.54) is 87.2 Å².